The number of rotatable bonds is 9. The van der Waals surface area contributed by atoms with Crippen molar-refractivity contribution in [1.29, 1.82) is 0 Å². The first kappa shape index (κ1) is 25.2. The fourth-order valence-corrected chi connectivity index (χ4v) is 5.23. The first-order valence-electron chi connectivity index (χ1n) is 12.2. The van der Waals surface area contributed by atoms with Gasteiger partial charge in [-0.25, -0.2) is 9.37 Å². The van der Waals surface area contributed by atoms with E-state index in [9.17, 15) is 9.18 Å². The summed E-state index contributed by atoms with van der Waals surface area (Å²) >= 11 is 7.43. The Bertz CT molecular complexity index is 1310. The van der Waals surface area contributed by atoms with Crippen molar-refractivity contribution in [3.8, 4) is 0 Å². The molecule has 0 N–H and O–H groups in total. The Morgan fingerprint density at radius 3 is 2.62 bits per heavy atom. The number of nitrogens with zero attached hydrogens (tertiary/aromatic N) is 5. The average Bonchev–Trinajstić information content (AvgIpc) is 3.60. The molecule has 10 heteroatoms. The molecule has 0 atom stereocenters. The number of hydrogen-bond acceptors (Lipinski definition) is 7. The predicted octanol–water partition coefficient (Wildman–Crippen LogP) is 5.26. The van der Waals surface area contributed by atoms with Gasteiger partial charge in [-0.3, -0.25) is 4.79 Å². The van der Waals surface area contributed by atoms with E-state index in [1.54, 1.807) is 18.4 Å². The summed E-state index contributed by atoms with van der Waals surface area (Å²) in [4.78, 5) is 24.0. The number of hydrogen-bond donors (Lipinski definition) is 0. The predicted molar refractivity (Wildman–Crippen MR) is 144 cm³/mol. The molecule has 1 aliphatic rings. The number of aromatic nitrogens is 2. The molecule has 1 fully saturated rings. The molecule has 37 heavy (non-hydrogen) atoms. The monoisotopic (exact) mass is 539 g/mol. The molecule has 0 unspecified atom stereocenters. The number of benzene rings is 2. The largest absolute Gasteiger partial charge is 0.467 e. The van der Waals surface area contributed by atoms with Gasteiger partial charge in [0.2, 0.25) is 11.0 Å². The van der Waals surface area contributed by atoms with E-state index in [1.807, 2.05) is 46.2 Å². The van der Waals surface area contributed by atoms with Gasteiger partial charge in [-0.1, -0.05) is 29.8 Å². The minimum Gasteiger partial charge on any atom is -0.467 e. The standard InChI is InChI=1S/C27H27ClFN5O2S/c28-21-3-1-4-23(18-21)32-12-14-33(15-13-32)26(35)10-11-34(19-24-5-2-16-36-24)27-30-25(31-37-27)17-20-6-8-22(29)9-7-20/h1-9,16,18H,10-15,17,19H2. The van der Waals surface area contributed by atoms with Crippen LogP contribution in [0.2, 0.25) is 5.02 Å². The zero-order valence-corrected chi connectivity index (χ0v) is 21.8. The molecule has 1 saturated heterocycles. The Kier molecular flexibility index (Phi) is 8.01. The quantitative estimate of drug-likeness (QED) is 0.289. The highest BCUT2D eigenvalue weighted by molar-refractivity contribution is 7.09. The highest BCUT2D eigenvalue weighted by Gasteiger charge is 2.23. The molecule has 7 nitrogen and oxygen atoms in total. The van der Waals surface area contributed by atoms with Crippen LogP contribution in [-0.4, -0.2) is 52.9 Å². The number of furan rings is 1. The molecule has 0 aliphatic carbocycles. The van der Waals surface area contributed by atoms with Crippen molar-refractivity contribution < 1.29 is 13.6 Å². The van der Waals surface area contributed by atoms with Crippen LogP contribution in [0.15, 0.2) is 71.3 Å². The van der Waals surface area contributed by atoms with E-state index in [0.29, 0.717) is 49.9 Å². The molecule has 0 bridgehead atoms. The van der Waals surface area contributed by atoms with Crippen molar-refractivity contribution in [2.75, 3.05) is 42.5 Å². The van der Waals surface area contributed by atoms with Crippen molar-refractivity contribution >= 4 is 39.9 Å². The maximum Gasteiger partial charge on any atom is 0.224 e. The number of carbonyl (C=O) groups is 1. The molecule has 1 aliphatic heterocycles. The molecular formula is C27H27ClFN5O2S. The summed E-state index contributed by atoms with van der Waals surface area (Å²) in [5.41, 5.74) is 2.02. The van der Waals surface area contributed by atoms with Crippen molar-refractivity contribution in [1.82, 2.24) is 14.3 Å². The van der Waals surface area contributed by atoms with Gasteiger partial charge in [-0.2, -0.15) is 4.37 Å². The third-order valence-corrected chi connectivity index (χ3v) is 7.38. The molecule has 0 spiro atoms. The number of piperazine rings is 1. The fourth-order valence-electron chi connectivity index (χ4n) is 4.34. The van der Waals surface area contributed by atoms with Gasteiger partial charge in [0.15, 0.2) is 0 Å². The van der Waals surface area contributed by atoms with Gasteiger partial charge in [0.25, 0.3) is 0 Å². The van der Waals surface area contributed by atoms with Crippen LogP contribution < -0.4 is 9.80 Å². The zero-order chi connectivity index (χ0) is 25.6. The first-order valence-corrected chi connectivity index (χ1v) is 13.3. The number of carbonyl (C=O) groups excluding carboxylic acids is 1. The lowest BCUT2D eigenvalue weighted by molar-refractivity contribution is -0.131. The van der Waals surface area contributed by atoms with Gasteiger partial charge in [0.1, 0.15) is 17.4 Å². The molecule has 4 aromatic rings. The Morgan fingerprint density at radius 2 is 1.89 bits per heavy atom. The number of anilines is 2. The van der Waals surface area contributed by atoms with E-state index in [1.165, 1.54) is 23.7 Å². The molecule has 0 saturated carbocycles. The van der Waals surface area contributed by atoms with Crippen LogP contribution in [-0.2, 0) is 17.8 Å². The third-order valence-electron chi connectivity index (χ3n) is 6.33. The van der Waals surface area contributed by atoms with Crippen LogP contribution in [0.5, 0.6) is 0 Å². The van der Waals surface area contributed by atoms with E-state index in [4.69, 9.17) is 21.0 Å². The van der Waals surface area contributed by atoms with Crippen molar-refractivity contribution in [2.45, 2.75) is 19.4 Å². The second kappa shape index (κ2) is 11.7. The lowest BCUT2D eigenvalue weighted by Crippen LogP contribution is -2.49. The van der Waals surface area contributed by atoms with Crippen LogP contribution in [0.4, 0.5) is 15.2 Å². The molecular weight excluding hydrogens is 513 g/mol. The van der Waals surface area contributed by atoms with E-state index in [0.717, 1.165) is 35.2 Å². The van der Waals surface area contributed by atoms with Crippen LogP contribution in [0.3, 0.4) is 0 Å². The lowest BCUT2D eigenvalue weighted by Gasteiger charge is -2.36. The third kappa shape index (κ3) is 6.67. The Labute approximate surface area is 224 Å². The fraction of sp³-hybridized carbons (Fsp3) is 0.296. The Hall–Kier alpha value is -3.43. The van der Waals surface area contributed by atoms with Gasteiger partial charge in [-0.15, -0.1) is 0 Å². The lowest BCUT2D eigenvalue weighted by atomic mass is 10.1. The van der Waals surface area contributed by atoms with E-state index < -0.39 is 0 Å². The maximum atomic E-state index is 13.2. The number of amides is 1. The SMILES string of the molecule is O=C(CCN(Cc1ccco1)c1nc(Cc2ccc(F)cc2)ns1)N1CCN(c2cccc(Cl)c2)CC1. The normalized spacial score (nSPS) is 13.7. The van der Waals surface area contributed by atoms with Crippen LogP contribution in [0.25, 0.3) is 0 Å². The smallest absolute Gasteiger partial charge is 0.224 e. The molecule has 0 radical (unpaired) electrons. The van der Waals surface area contributed by atoms with Crippen LogP contribution in [0, 0.1) is 5.82 Å². The minimum absolute atomic E-state index is 0.117. The second-order valence-corrected chi connectivity index (χ2v) is 10.1. The Balaban J connectivity index is 1.19. The summed E-state index contributed by atoms with van der Waals surface area (Å²) in [6, 6.07) is 17.9. The summed E-state index contributed by atoms with van der Waals surface area (Å²) < 4.78 is 23.3. The van der Waals surface area contributed by atoms with E-state index in [2.05, 4.69) is 9.27 Å². The van der Waals surface area contributed by atoms with Gasteiger partial charge >= 0.3 is 0 Å². The average molecular weight is 540 g/mol. The van der Waals surface area contributed by atoms with Crippen molar-refractivity contribution in [3.05, 3.63) is 94.9 Å². The molecule has 192 valence electrons. The second-order valence-electron chi connectivity index (χ2n) is 8.90. The Morgan fingerprint density at radius 1 is 1.08 bits per heavy atom. The van der Waals surface area contributed by atoms with Crippen LogP contribution >= 0.6 is 23.1 Å². The summed E-state index contributed by atoms with van der Waals surface area (Å²) in [5.74, 6) is 1.31. The summed E-state index contributed by atoms with van der Waals surface area (Å²) in [5, 5.41) is 1.44. The molecule has 3 heterocycles. The highest BCUT2D eigenvalue weighted by atomic mass is 35.5. The first-order chi connectivity index (χ1) is 18.0. The van der Waals surface area contributed by atoms with Gasteiger partial charge in [0.05, 0.1) is 12.8 Å². The molecule has 1 amide bonds. The van der Waals surface area contributed by atoms with E-state index >= 15 is 0 Å². The molecule has 2 aromatic heterocycles. The molecule has 2 aromatic carbocycles. The van der Waals surface area contributed by atoms with E-state index in [-0.39, 0.29) is 11.7 Å². The maximum absolute atomic E-state index is 13.2. The van der Waals surface area contributed by atoms with Gasteiger partial charge in [0, 0.05) is 67.8 Å². The zero-order valence-electron chi connectivity index (χ0n) is 20.2. The van der Waals surface area contributed by atoms with Gasteiger partial charge in [-0.05, 0) is 48.0 Å². The van der Waals surface area contributed by atoms with Crippen molar-refractivity contribution in [2.24, 2.45) is 0 Å². The van der Waals surface area contributed by atoms with Gasteiger partial charge < -0.3 is 19.1 Å². The topological polar surface area (TPSA) is 65.7 Å². The summed E-state index contributed by atoms with van der Waals surface area (Å²) in [7, 11) is 0. The summed E-state index contributed by atoms with van der Waals surface area (Å²) in [6.45, 7) is 3.87. The minimum atomic E-state index is -0.268. The van der Waals surface area contributed by atoms with Crippen LogP contribution in [0.1, 0.15) is 23.6 Å². The number of halogens is 2. The highest BCUT2D eigenvalue weighted by Crippen LogP contribution is 2.23. The van der Waals surface area contributed by atoms with Crippen molar-refractivity contribution in [3.63, 3.8) is 0 Å². The molecule has 5 rings (SSSR count). The summed E-state index contributed by atoms with van der Waals surface area (Å²) in [6.07, 6.45) is 2.52.